The highest BCUT2D eigenvalue weighted by Crippen LogP contribution is 2.30. The summed E-state index contributed by atoms with van der Waals surface area (Å²) >= 11 is 0. The average Bonchev–Trinajstić information content (AvgIpc) is 2.38. The second-order valence-electron chi connectivity index (χ2n) is 5.48. The van der Waals surface area contributed by atoms with Crippen LogP contribution in [-0.2, 0) is 5.41 Å². The maximum atomic E-state index is 11.0. The smallest absolute Gasteiger partial charge is 0.258 e. The molecule has 1 aromatic heterocycles. The van der Waals surface area contributed by atoms with Crippen molar-refractivity contribution in [1.82, 2.24) is 4.98 Å². The minimum atomic E-state index is -0.403. The molecule has 0 aliphatic rings. The van der Waals surface area contributed by atoms with Crippen LogP contribution in [0.3, 0.4) is 0 Å². The standard InChI is InChI=1S/C15H16N2O2/c1-15(2,3)12-6-4-11(5-7-12)13-8-9-16-10-14(13)17(18)19/h4-10H,1-3H3. The minimum absolute atomic E-state index is 0.0333. The van der Waals surface area contributed by atoms with Crippen molar-refractivity contribution in [2.45, 2.75) is 26.2 Å². The van der Waals surface area contributed by atoms with Crippen molar-refractivity contribution < 1.29 is 4.92 Å². The first kappa shape index (κ1) is 13.2. The fraction of sp³-hybridized carbons (Fsp3) is 0.267. The molecule has 0 N–H and O–H groups in total. The first-order valence-corrected chi connectivity index (χ1v) is 6.09. The van der Waals surface area contributed by atoms with Gasteiger partial charge in [-0.15, -0.1) is 0 Å². The molecular formula is C15H16N2O2. The van der Waals surface area contributed by atoms with Crippen LogP contribution in [0.5, 0.6) is 0 Å². The van der Waals surface area contributed by atoms with Crippen LogP contribution < -0.4 is 0 Å². The predicted molar refractivity (Wildman–Crippen MR) is 75.0 cm³/mol. The van der Waals surface area contributed by atoms with Gasteiger partial charge in [0, 0.05) is 6.20 Å². The third-order valence-electron chi connectivity index (χ3n) is 3.06. The summed E-state index contributed by atoms with van der Waals surface area (Å²) in [6.07, 6.45) is 2.85. The molecule has 1 aromatic carbocycles. The highest BCUT2D eigenvalue weighted by atomic mass is 16.6. The Morgan fingerprint density at radius 1 is 1.11 bits per heavy atom. The normalized spacial score (nSPS) is 11.3. The zero-order valence-electron chi connectivity index (χ0n) is 11.3. The van der Waals surface area contributed by atoms with Gasteiger partial charge in [-0.2, -0.15) is 0 Å². The number of nitro groups is 1. The Labute approximate surface area is 112 Å². The number of pyridine rings is 1. The minimum Gasteiger partial charge on any atom is -0.258 e. The van der Waals surface area contributed by atoms with Crippen LogP contribution in [0.2, 0.25) is 0 Å². The van der Waals surface area contributed by atoms with E-state index >= 15 is 0 Å². The summed E-state index contributed by atoms with van der Waals surface area (Å²) in [5.74, 6) is 0. The Morgan fingerprint density at radius 3 is 2.26 bits per heavy atom. The zero-order valence-corrected chi connectivity index (χ0v) is 11.3. The van der Waals surface area contributed by atoms with Gasteiger partial charge in [0.05, 0.1) is 10.5 Å². The van der Waals surface area contributed by atoms with Gasteiger partial charge in [0.2, 0.25) is 0 Å². The van der Waals surface area contributed by atoms with Gasteiger partial charge in [0.15, 0.2) is 0 Å². The zero-order chi connectivity index (χ0) is 14.0. The highest BCUT2D eigenvalue weighted by molar-refractivity contribution is 5.72. The lowest BCUT2D eigenvalue weighted by atomic mass is 9.86. The number of rotatable bonds is 2. The van der Waals surface area contributed by atoms with Gasteiger partial charge in [0.1, 0.15) is 6.20 Å². The van der Waals surface area contributed by atoms with Crippen LogP contribution >= 0.6 is 0 Å². The SMILES string of the molecule is CC(C)(C)c1ccc(-c2ccncc2[N+](=O)[O-])cc1. The molecule has 4 nitrogen and oxygen atoms in total. The Bertz CT molecular complexity index is 598. The van der Waals surface area contributed by atoms with Crippen LogP contribution in [0.25, 0.3) is 11.1 Å². The summed E-state index contributed by atoms with van der Waals surface area (Å²) in [7, 11) is 0. The second kappa shape index (κ2) is 4.80. The van der Waals surface area contributed by atoms with E-state index in [9.17, 15) is 10.1 Å². The van der Waals surface area contributed by atoms with E-state index in [1.807, 2.05) is 24.3 Å². The first-order chi connectivity index (χ1) is 8.89. The fourth-order valence-corrected chi connectivity index (χ4v) is 1.93. The Balaban J connectivity index is 2.46. The molecule has 0 fully saturated rings. The Morgan fingerprint density at radius 2 is 1.74 bits per heavy atom. The predicted octanol–water partition coefficient (Wildman–Crippen LogP) is 3.95. The lowest BCUT2D eigenvalue weighted by molar-refractivity contribution is -0.384. The van der Waals surface area contributed by atoms with Gasteiger partial charge in [0.25, 0.3) is 5.69 Å². The molecule has 2 aromatic rings. The first-order valence-electron chi connectivity index (χ1n) is 6.09. The number of nitrogens with zero attached hydrogens (tertiary/aromatic N) is 2. The molecule has 0 bridgehead atoms. The molecule has 0 atom stereocenters. The van der Waals surface area contributed by atoms with Crippen molar-refractivity contribution >= 4 is 5.69 Å². The Kier molecular flexibility index (Phi) is 3.34. The maximum Gasteiger partial charge on any atom is 0.295 e. The second-order valence-corrected chi connectivity index (χ2v) is 5.48. The Hall–Kier alpha value is -2.23. The van der Waals surface area contributed by atoms with E-state index in [1.165, 1.54) is 11.8 Å². The lowest BCUT2D eigenvalue weighted by Crippen LogP contribution is -2.10. The monoisotopic (exact) mass is 256 g/mol. The molecule has 0 unspecified atom stereocenters. The summed E-state index contributed by atoms with van der Waals surface area (Å²) in [6, 6.07) is 9.54. The molecule has 98 valence electrons. The van der Waals surface area contributed by atoms with Crippen molar-refractivity contribution in [2.75, 3.05) is 0 Å². The van der Waals surface area contributed by atoms with E-state index in [2.05, 4.69) is 25.8 Å². The number of benzene rings is 1. The van der Waals surface area contributed by atoms with Gasteiger partial charge in [-0.25, -0.2) is 0 Å². The van der Waals surface area contributed by atoms with Gasteiger partial charge in [-0.1, -0.05) is 45.0 Å². The molecular weight excluding hydrogens is 240 g/mol. The topological polar surface area (TPSA) is 56.0 Å². The third-order valence-corrected chi connectivity index (χ3v) is 3.06. The van der Waals surface area contributed by atoms with Crippen molar-refractivity contribution in [3.05, 3.63) is 58.4 Å². The number of aromatic nitrogens is 1. The third kappa shape index (κ3) is 2.78. The molecule has 0 aliphatic carbocycles. The molecule has 2 rings (SSSR count). The maximum absolute atomic E-state index is 11.0. The summed E-state index contributed by atoms with van der Waals surface area (Å²) in [5.41, 5.74) is 2.74. The molecule has 0 radical (unpaired) electrons. The van der Waals surface area contributed by atoms with E-state index in [-0.39, 0.29) is 11.1 Å². The van der Waals surface area contributed by atoms with E-state index in [4.69, 9.17) is 0 Å². The molecule has 4 heteroatoms. The molecule has 0 aliphatic heterocycles. The fourth-order valence-electron chi connectivity index (χ4n) is 1.93. The molecule has 19 heavy (non-hydrogen) atoms. The summed E-state index contributed by atoms with van der Waals surface area (Å²) in [5, 5.41) is 11.0. The van der Waals surface area contributed by atoms with Crippen LogP contribution in [0.4, 0.5) is 5.69 Å². The van der Waals surface area contributed by atoms with Gasteiger partial charge >= 0.3 is 0 Å². The van der Waals surface area contributed by atoms with E-state index < -0.39 is 4.92 Å². The largest absolute Gasteiger partial charge is 0.295 e. The van der Waals surface area contributed by atoms with Crippen LogP contribution in [0.1, 0.15) is 26.3 Å². The van der Waals surface area contributed by atoms with Gasteiger partial charge in [-0.3, -0.25) is 15.1 Å². The van der Waals surface area contributed by atoms with Crippen molar-refractivity contribution in [3.63, 3.8) is 0 Å². The molecule has 0 amide bonds. The summed E-state index contributed by atoms with van der Waals surface area (Å²) in [6.45, 7) is 6.41. The molecule has 1 heterocycles. The van der Waals surface area contributed by atoms with Crippen molar-refractivity contribution in [3.8, 4) is 11.1 Å². The van der Waals surface area contributed by atoms with Crippen LogP contribution in [0, 0.1) is 10.1 Å². The van der Waals surface area contributed by atoms with Gasteiger partial charge in [-0.05, 0) is 22.6 Å². The van der Waals surface area contributed by atoms with E-state index in [1.54, 1.807) is 12.3 Å². The van der Waals surface area contributed by atoms with E-state index in [0.717, 1.165) is 5.56 Å². The molecule has 0 saturated heterocycles. The average molecular weight is 256 g/mol. The van der Waals surface area contributed by atoms with E-state index in [0.29, 0.717) is 5.56 Å². The lowest BCUT2D eigenvalue weighted by Gasteiger charge is -2.19. The number of hydrogen-bond acceptors (Lipinski definition) is 3. The van der Waals surface area contributed by atoms with Crippen molar-refractivity contribution in [2.24, 2.45) is 0 Å². The quantitative estimate of drug-likeness (QED) is 0.603. The highest BCUT2D eigenvalue weighted by Gasteiger charge is 2.17. The molecule has 0 spiro atoms. The van der Waals surface area contributed by atoms with Crippen molar-refractivity contribution in [1.29, 1.82) is 0 Å². The molecule has 0 saturated carbocycles. The summed E-state index contributed by atoms with van der Waals surface area (Å²) < 4.78 is 0. The summed E-state index contributed by atoms with van der Waals surface area (Å²) in [4.78, 5) is 14.4. The van der Waals surface area contributed by atoms with Gasteiger partial charge < -0.3 is 0 Å². The van der Waals surface area contributed by atoms with Crippen LogP contribution in [0.15, 0.2) is 42.7 Å². The number of hydrogen-bond donors (Lipinski definition) is 0. The van der Waals surface area contributed by atoms with Crippen LogP contribution in [-0.4, -0.2) is 9.91 Å².